The van der Waals surface area contributed by atoms with Crippen LogP contribution < -0.4 is 11.1 Å². The third-order valence-electron chi connectivity index (χ3n) is 6.06. The number of rotatable bonds is 5. The van der Waals surface area contributed by atoms with Gasteiger partial charge in [-0.15, -0.1) is 0 Å². The van der Waals surface area contributed by atoms with Crippen LogP contribution in [-0.4, -0.2) is 42.0 Å². The smallest absolute Gasteiger partial charge is 0.237 e. The van der Waals surface area contributed by atoms with Crippen molar-refractivity contribution in [2.75, 3.05) is 19.6 Å². The number of amides is 1. The highest BCUT2D eigenvalue weighted by molar-refractivity contribution is 5.84. The van der Waals surface area contributed by atoms with Crippen molar-refractivity contribution in [1.82, 2.24) is 10.2 Å². The summed E-state index contributed by atoms with van der Waals surface area (Å²) in [4.78, 5) is 14.6. The van der Waals surface area contributed by atoms with Crippen LogP contribution >= 0.6 is 0 Å². The van der Waals surface area contributed by atoms with Gasteiger partial charge in [0.05, 0.1) is 0 Å². The zero-order chi connectivity index (χ0) is 17.0. The first-order chi connectivity index (χ1) is 11.7. The van der Waals surface area contributed by atoms with E-state index in [0.717, 1.165) is 32.5 Å². The molecule has 1 aromatic carbocycles. The summed E-state index contributed by atoms with van der Waals surface area (Å²) >= 11 is 0. The average molecular weight is 329 g/mol. The predicted octanol–water partition coefficient (Wildman–Crippen LogP) is 2.64. The molecule has 1 aliphatic heterocycles. The summed E-state index contributed by atoms with van der Waals surface area (Å²) in [5.41, 5.74) is 6.69. The van der Waals surface area contributed by atoms with Gasteiger partial charge in [-0.2, -0.15) is 0 Å². The number of hydrogen-bond acceptors (Lipinski definition) is 3. The van der Waals surface area contributed by atoms with E-state index >= 15 is 0 Å². The van der Waals surface area contributed by atoms with E-state index in [9.17, 15) is 4.79 Å². The van der Waals surface area contributed by atoms with Gasteiger partial charge in [-0.25, -0.2) is 0 Å². The molecule has 2 fully saturated rings. The van der Waals surface area contributed by atoms with Crippen LogP contribution in [0.1, 0.15) is 56.9 Å². The van der Waals surface area contributed by atoms with Crippen molar-refractivity contribution >= 4 is 5.91 Å². The number of nitrogens with one attached hydrogen (secondary N) is 1. The summed E-state index contributed by atoms with van der Waals surface area (Å²) in [7, 11) is 0. The summed E-state index contributed by atoms with van der Waals surface area (Å²) in [5.74, 6) is 0.437. The molecule has 1 amide bonds. The van der Waals surface area contributed by atoms with Crippen molar-refractivity contribution in [3.05, 3.63) is 35.9 Å². The summed E-state index contributed by atoms with van der Waals surface area (Å²) in [6.45, 7) is 4.76. The van der Waals surface area contributed by atoms with Crippen molar-refractivity contribution in [2.45, 2.75) is 62.9 Å². The molecule has 1 saturated heterocycles. The lowest BCUT2D eigenvalue weighted by atomic mass is 9.77. The van der Waals surface area contributed by atoms with Gasteiger partial charge in [0.2, 0.25) is 5.91 Å². The first-order valence-corrected chi connectivity index (χ1v) is 9.50. The Morgan fingerprint density at radius 1 is 1.21 bits per heavy atom. The Labute approximate surface area is 145 Å². The topological polar surface area (TPSA) is 58.4 Å². The predicted molar refractivity (Wildman–Crippen MR) is 97.8 cm³/mol. The molecule has 1 saturated carbocycles. The quantitative estimate of drug-likeness (QED) is 0.873. The zero-order valence-electron chi connectivity index (χ0n) is 14.8. The molecule has 0 aromatic heterocycles. The Bertz CT molecular complexity index is 537. The van der Waals surface area contributed by atoms with Crippen LogP contribution in [-0.2, 0) is 4.79 Å². The fourth-order valence-corrected chi connectivity index (χ4v) is 4.72. The summed E-state index contributed by atoms with van der Waals surface area (Å²) < 4.78 is 0. The fourth-order valence-electron chi connectivity index (χ4n) is 4.72. The number of likely N-dealkylation sites (tertiary alicyclic amines) is 1. The van der Waals surface area contributed by atoms with Gasteiger partial charge in [0.1, 0.15) is 5.54 Å². The number of piperidine rings is 1. The summed E-state index contributed by atoms with van der Waals surface area (Å²) in [5, 5.41) is 3.36. The SMILES string of the molecule is CCNC1(C(N)=O)CCN([C@H]2CCCC[C@H]2c2ccccc2)CC1. The van der Waals surface area contributed by atoms with Crippen LogP contribution in [0.3, 0.4) is 0 Å². The Morgan fingerprint density at radius 2 is 1.88 bits per heavy atom. The molecule has 3 rings (SSSR count). The van der Waals surface area contributed by atoms with Crippen LogP contribution in [0.25, 0.3) is 0 Å². The first-order valence-electron chi connectivity index (χ1n) is 9.50. The Morgan fingerprint density at radius 3 is 2.50 bits per heavy atom. The van der Waals surface area contributed by atoms with E-state index in [2.05, 4.69) is 40.5 Å². The molecule has 24 heavy (non-hydrogen) atoms. The minimum Gasteiger partial charge on any atom is -0.368 e. The van der Waals surface area contributed by atoms with E-state index in [-0.39, 0.29) is 5.91 Å². The standard InChI is InChI=1S/C20H31N3O/c1-2-22-20(19(21)24)12-14-23(15-13-20)18-11-7-6-10-17(18)16-8-4-3-5-9-16/h3-5,8-9,17-18,22H,2,6-7,10-15H2,1H3,(H2,21,24)/t17-,18-/m0/s1. The minimum absolute atomic E-state index is 0.188. The number of carbonyl (C=O) groups is 1. The molecule has 0 spiro atoms. The number of carbonyl (C=O) groups excluding carboxylic acids is 1. The zero-order valence-corrected chi connectivity index (χ0v) is 14.8. The van der Waals surface area contributed by atoms with E-state index in [4.69, 9.17) is 5.73 Å². The second-order valence-electron chi connectivity index (χ2n) is 7.38. The van der Waals surface area contributed by atoms with E-state index in [1.165, 1.54) is 31.2 Å². The molecule has 2 aliphatic rings. The molecule has 0 unspecified atom stereocenters. The lowest BCUT2D eigenvalue weighted by Crippen LogP contribution is -2.62. The molecule has 1 heterocycles. The number of nitrogens with zero attached hydrogens (tertiary/aromatic N) is 1. The maximum absolute atomic E-state index is 12.0. The van der Waals surface area contributed by atoms with Crippen LogP contribution in [0.15, 0.2) is 30.3 Å². The molecule has 1 aromatic rings. The summed E-state index contributed by atoms with van der Waals surface area (Å²) in [6, 6.07) is 11.6. The monoisotopic (exact) mass is 329 g/mol. The largest absolute Gasteiger partial charge is 0.368 e. The van der Waals surface area contributed by atoms with Gasteiger partial charge in [-0.3, -0.25) is 9.69 Å². The molecule has 2 atom stereocenters. The Balaban J connectivity index is 1.71. The van der Waals surface area contributed by atoms with Gasteiger partial charge in [0.15, 0.2) is 0 Å². The maximum atomic E-state index is 12.0. The average Bonchev–Trinajstić information content (AvgIpc) is 2.63. The lowest BCUT2D eigenvalue weighted by molar-refractivity contribution is -0.126. The lowest BCUT2D eigenvalue weighted by Gasteiger charge is -2.46. The van der Waals surface area contributed by atoms with Crippen molar-refractivity contribution in [3.63, 3.8) is 0 Å². The van der Waals surface area contributed by atoms with Crippen molar-refractivity contribution < 1.29 is 4.79 Å². The van der Waals surface area contributed by atoms with Gasteiger partial charge >= 0.3 is 0 Å². The van der Waals surface area contributed by atoms with Crippen LogP contribution in [0.2, 0.25) is 0 Å². The van der Waals surface area contributed by atoms with Crippen LogP contribution in [0, 0.1) is 0 Å². The molecular formula is C20H31N3O. The van der Waals surface area contributed by atoms with Gasteiger partial charge in [-0.1, -0.05) is 50.1 Å². The number of hydrogen-bond donors (Lipinski definition) is 2. The highest BCUT2D eigenvalue weighted by Crippen LogP contribution is 2.38. The van der Waals surface area contributed by atoms with E-state index in [0.29, 0.717) is 12.0 Å². The first kappa shape index (κ1) is 17.4. The molecule has 0 bridgehead atoms. The van der Waals surface area contributed by atoms with E-state index in [1.807, 2.05) is 6.92 Å². The maximum Gasteiger partial charge on any atom is 0.237 e. The number of benzene rings is 1. The Hall–Kier alpha value is -1.39. The Kier molecular flexibility index (Phi) is 5.57. The van der Waals surface area contributed by atoms with Gasteiger partial charge in [0.25, 0.3) is 0 Å². The molecule has 132 valence electrons. The second-order valence-corrected chi connectivity index (χ2v) is 7.38. The number of primary amides is 1. The number of nitrogens with two attached hydrogens (primary N) is 1. The van der Waals surface area contributed by atoms with Crippen LogP contribution in [0.5, 0.6) is 0 Å². The molecular weight excluding hydrogens is 298 g/mol. The normalized spacial score (nSPS) is 27.7. The van der Waals surface area contributed by atoms with Gasteiger partial charge < -0.3 is 11.1 Å². The molecule has 0 radical (unpaired) electrons. The van der Waals surface area contributed by atoms with Crippen LogP contribution in [0.4, 0.5) is 0 Å². The van der Waals surface area contributed by atoms with Crippen molar-refractivity contribution in [2.24, 2.45) is 5.73 Å². The van der Waals surface area contributed by atoms with Gasteiger partial charge in [-0.05, 0) is 43.7 Å². The fraction of sp³-hybridized carbons (Fsp3) is 0.650. The van der Waals surface area contributed by atoms with E-state index < -0.39 is 5.54 Å². The molecule has 1 aliphatic carbocycles. The highest BCUT2D eigenvalue weighted by Gasteiger charge is 2.42. The van der Waals surface area contributed by atoms with Crippen molar-refractivity contribution in [3.8, 4) is 0 Å². The van der Waals surface area contributed by atoms with Crippen molar-refractivity contribution in [1.29, 1.82) is 0 Å². The molecule has 4 nitrogen and oxygen atoms in total. The highest BCUT2D eigenvalue weighted by atomic mass is 16.1. The summed E-state index contributed by atoms with van der Waals surface area (Å²) in [6.07, 6.45) is 6.84. The third-order valence-corrected chi connectivity index (χ3v) is 6.06. The number of likely N-dealkylation sites (N-methyl/N-ethyl adjacent to an activating group) is 1. The molecule has 4 heteroatoms. The third kappa shape index (κ3) is 3.50. The van der Waals surface area contributed by atoms with E-state index in [1.54, 1.807) is 0 Å². The van der Waals surface area contributed by atoms with Gasteiger partial charge in [0, 0.05) is 19.1 Å². The molecule has 3 N–H and O–H groups in total. The minimum atomic E-state index is -0.498. The second kappa shape index (κ2) is 7.66.